The number of carbonyl (C=O) groups is 1. The molecule has 0 saturated carbocycles. The molecule has 17 heavy (non-hydrogen) atoms. The number of benzene rings is 1. The van der Waals surface area contributed by atoms with E-state index in [1.54, 1.807) is 18.2 Å². The highest BCUT2D eigenvalue weighted by atomic mass is 16.5. The van der Waals surface area contributed by atoms with Crippen LogP contribution in [0.25, 0.3) is 0 Å². The number of anilines is 1. The number of nitrogens with two attached hydrogens (primary N) is 1. The number of hydrogen-bond donors (Lipinski definition) is 1. The Morgan fingerprint density at radius 3 is 2.41 bits per heavy atom. The minimum atomic E-state index is -0.378. The summed E-state index contributed by atoms with van der Waals surface area (Å²) in [5.74, 6) is 0.452. The Balaban J connectivity index is 2.85. The van der Waals surface area contributed by atoms with Gasteiger partial charge in [0.15, 0.2) is 0 Å². The molecule has 1 unspecified atom stereocenters. The molecule has 0 aliphatic heterocycles. The minimum Gasteiger partial charge on any atom is -0.497 e. The number of carbonyl (C=O) groups excluding carboxylic acids is 1. The van der Waals surface area contributed by atoms with Gasteiger partial charge in [-0.3, -0.25) is 0 Å². The normalized spacial score (nSPS) is 12.3. The molecule has 1 aromatic carbocycles. The van der Waals surface area contributed by atoms with Gasteiger partial charge in [0.25, 0.3) is 0 Å². The fourth-order valence-electron chi connectivity index (χ4n) is 1.23. The number of esters is 1. The summed E-state index contributed by atoms with van der Waals surface area (Å²) in [6.07, 6.45) is -0.130. The lowest BCUT2D eigenvalue weighted by Crippen LogP contribution is -2.20. The highest BCUT2D eigenvalue weighted by Crippen LogP contribution is 2.20. The molecule has 2 N–H and O–H groups in total. The lowest BCUT2D eigenvalue weighted by Gasteiger charge is -2.16. The Hall–Kier alpha value is -1.71. The maximum absolute atomic E-state index is 11.8. The Morgan fingerprint density at radius 2 is 1.88 bits per heavy atom. The molecule has 0 aliphatic rings. The molecular formula is C13H19NO3. The zero-order valence-corrected chi connectivity index (χ0v) is 10.7. The van der Waals surface area contributed by atoms with Gasteiger partial charge in [0.1, 0.15) is 11.9 Å². The Morgan fingerprint density at radius 1 is 1.24 bits per heavy atom. The van der Waals surface area contributed by atoms with Gasteiger partial charge in [0.2, 0.25) is 0 Å². The van der Waals surface area contributed by atoms with Gasteiger partial charge in [-0.2, -0.15) is 0 Å². The SMILES string of the molecule is COc1cc(N)cc(C(=O)OC(C)C(C)C)c1. The van der Waals surface area contributed by atoms with Crippen LogP contribution in [0.1, 0.15) is 31.1 Å². The molecule has 0 aromatic heterocycles. The first kappa shape index (κ1) is 13.4. The molecule has 0 heterocycles. The number of methoxy groups -OCH3 is 1. The fraction of sp³-hybridized carbons (Fsp3) is 0.462. The molecule has 0 fully saturated rings. The van der Waals surface area contributed by atoms with Crippen molar-refractivity contribution in [2.75, 3.05) is 12.8 Å². The summed E-state index contributed by atoms with van der Waals surface area (Å²) in [6, 6.07) is 4.85. The van der Waals surface area contributed by atoms with Crippen molar-refractivity contribution in [3.05, 3.63) is 23.8 Å². The zero-order valence-electron chi connectivity index (χ0n) is 10.7. The summed E-state index contributed by atoms with van der Waals surface area (Å²) < 4.78 is 10.4. The van der Waals surface area contributed by atoms with E-state index in [-0.39, 0.29) is 18.0 Å². The number of nitrogen functional groups attached to an aromatic ring is 1. The van der Waals surface area contributed by atoms with Gasteiger partial charge in [0.05, 0.1) is 12.7 Å². The first-order chi connectivity index (χ1) is 7.93. The van der Waals surface area contributed by atoms with Crippen molar-refractivity contribution in [1.29, 1.82) is 0 Å². The van der Waals surface area contributed by atoms with Crippen LogP contribution in [0.15, 0.2) is 18.2 Å². The average molecular weight is 237 g/mol. The molecule has 0 aliphatic carbocycles. The molecule has 0 bridgehead atoms. The third-order valence-corrected chi connectivity index (χ3v) is 2.63. The van der Waals surface area contributed by atoms with E-state index in [0.717, 1.165) is 0 Å². The summed E-state index contributed by atoms with van der Waals surface area (Å²) in [5.41, 5.74) is 6.57. The van der Waals surface area contributed by atoms with Crippen LogP contribution in [0.3, 0.4) is 0 Å². The molecule has 94 valence electrons. The lowest BCUT2D eigenvalue weighted by atomic mass is 10.1. The van der Waals surface area contributed by atoms with Crippen LogP contribution in [-0.4, -0.2) is 19.2 Å². The molecule has 0 spiro atoms. The van der Waals surface area contributed by atoms with Crippen molar-refractivity contribution in [2.24, 2.45) is 5.92 Å². The van der Waals surface area contributed by atoms with E-state index in [4.69, 9.17) is 15.2 Å². The molecule has 0 radical (unpaired) electrons. The molecule has 4 heteroatoms. The molecule has 0 amide bonds. The van der Waals surface area contributed by atoms with Crippen molar-refractivity contribution in [1.82, 2.24) is 0 Å². The van der Waals surface area contributed by atoms with Crippen LogP contribution in [0.5, 0.6) is 5.75 Å². The quantitative estimate of drug-likeness (QED) is 0.645. The molecule has 0 saturated heterocycles. The van der Waals surface area contributed by atoms with E-state index in [1.807, 2.05) is 20.8 Å². The highest BCUT2D eigenvalue weighted by Gasteiger charge is 2.15. The Kier molecular flexibility index (Phi) is 4.37. The summed E-state index contributed by atoms with van der Waals surface area (Å²) in [7, 11) is 1.53. The highest BCUT2D eigenvalue weighted by molar-refractivity contribution is 5.91. The Bertz CT molecular complexity index is 402. The van der Waals surface area contributed by atoms with Crippen LogP contribution >= 0.6 is 0 Å². The van der Waals surface area contributed by atoms with Gasteiger partial charge in [-0.1, -0.05) is 13.8 Å². The minimum absolute atomic E-state index is 0.130. The lowest BCUT2D eigenvalue weighted by molar-refractivity contribution is 0.0237. The van der Waals surface area contributed by atoms with Crippen LogP contribution < -0.4 is 10.5 Å². The molecular weight excluding hydrogens is 218 g/mol. The standard InChI is InChI=1S/C13H19NO3/c1-8(2)9(3)17-13(15)10-5-11(14)7-12(6-10)16-4/h5-9H,14H2,1-4H3. The second kappa shape index (κ2) is 5.57. The predicted octanol–water partition coefficient (Wildman–Crippen LogP) is 2.48. The first-order valence-electron chi connectivity index (χ1n) is 5.59. The molecule has 1 atom stereocenters. The summed E-state index contributed by atoms with van der Waals surface area (Å²) in [5, 5.41) is 0. The van der Waals surface area contributed by atoms with Gasteiger partial charge in [-0.05, 0) is 25.0 Å². The van der Waals surface area contributed by atoms with Gasteiger partial charge in [-0.25, -0.2) is 4.79 Å². The monoisotopic (exact) mass is 237 g/mol. The van der Waals surface area contributed by atoms with Crippen molar-refractivity contribution in [2.45, 2.75) is 26.9 Å². The van der Waals surface area contributed by atoms with Crippen LogP contribution in [0.2, 0.25) is 0 Å². The summed E-state index contributed by atoms with van der Waals surface area (Å²) in [4.78, 5) is 11.8. The van der Waals surface area contributed by atoms with Crippen molar-refractivity contribution < 1.29 is 14.3 Å². The number of rotatable bonds is 4. The van der Waals surface area contributed by atoms with Gasteiger partial charge in [-0.15, -0.1) is 0 Å². The summed E-state index contributed by atoms with van der Waals surface area (Å²) >= 11 is 0. The van der Waals surface area contributed by atoms with E-state index in [9.17, 15) is 4.79 Å². The van der Waals surface area contributed by atoms with E-state index in [1.165, 1.54) is 7.11 Å². The van der Waals surface area contributed by atoms with Crippen LogP contribution in [0, 0.1) is 5.92 Å². The average Bonchev–Trinajstić information content (AvgIpc) is 2.27. The second-order valence-corrected chi connectivity index (χ2v) is 4.35. The number of ether oxygens (including phenoxy) is 2. The van der Waals surface area contributed by atoms with E-state index in [2.05, 4.69) is 0 Å². The van der Waals surface area contributed by atoms with Crippen LogP contribution in [-0.2, 0) is 4.74 Å². The Labute approximate surface area is 102 Å². The van der Waals surface area contributed by atoms with E-state index < -0.39 is 0 Å². The largest absolute Gasteiger partial charge is 0.497 e. The molecule has 1 aromatic rings. The third kappa shape index (κ3) is 3.66. The van der Waals surface area contributed by atoms with Gasteiger partial charge in [0, 0.05) is 11.8 Å². The zero-order chi connectivity index (χ0) is 13.0. The topological polar surface area (TPSA) is 61.5 Å². The second-order valence-electron chi connectivity index (χ2n) is 4.35. The maximum Gasteiger partial charge on any atom is 0.338 e. The van der Waals surface area contributed by atoms with E-state index in [0.29, 0.717) is 17.0 Å². The third-order valence-electron chi connectivity index (χ3n) is 2.63. The first-order valence-corrected chi connectivity index (χ1v) is 5.59. The van der Waals surface area contributed by atoms with E-state index >= 15 is 0 Å². The predicted molar refractivity (Wildman–Crippen MR) is 67.1 cm³/mol. The maximum atomic E-state index is 11.8. The van der Waals surface area contributed by atoms with Gasteiger partial charge < -0.3 is 15.2 Å². The van der Waals surface area contributed by atoms with Crippen molar-refractivity contribution in [3.8, 4) is 5.75 Å². The smallest absolute Gasteiger partial charge is 0.338 e. The van der Waals surface area contributed by atoms with Crippen LogP contribution in [0.4, 0.5) is 5.69 Å². The van der Waals surface area contributed by atoms with Crippen molar-refractivity contribution >= 4 is 11.7 Å². The fourth-order valence-corrected chi connectivity index (χ4v) is 1.23. The van der Waals surface area contributed by atoms with Gasteiger partial charge >= 0.3 is 5.97 Å². The molecule has 1 rings (SSSR count). The molecule has 4 nitrogen and oxygen atoms in total. The summed E-state index contributed by atoms with van der Waals surface area (Å²) in [6.45, 7) is 5.86. The van der Waals surface area contributed by atoms with Crippen molar-refractivity contribution in [3.63, 3.8) is 0 Å². The number of hydrogen-bond acceptors (Lipinski definition) is 4.